The van der Waals surface area contributed by atoms with Gasteiger partial charge in [0.15, 0.2) is 5.13 Å². The number of nitrogens with zero attached hydrogens (tertiary/aromatic N) is 2. The van der Waals surface area contributed by atoms with E-state index >= 15 is 0 Å². The van der Waals surface area contributed by atoms with E-state index < -0.39 is 10.7 Å². The van der Waals surface area contributed by atoms with Crippen LogP contribution in [0.1, 0.15) is 78.1 Å². The minimum absolute atomic E-state index is 0.0730. The number of carbonyl (C=O) groups is 2. The van der Waals surface area contributed by atoms with Crippen molar-refractivity contribution in [2.24, 2.45) is 0 Å². The second-order valence-corrected chi connectivity index (χ2v) is 12.0. The van der Waals surface area contributed by atoms with Crippen LogP contribution in [0.25, 0.3) is 0 Å². The van der Waals surface area contributed by atoms with E-state index in [4.69, 9.17) is 4.74 Å². The van der Waals surface area contributed by atoms with Crippen LogP contribution in [0.2, 0.25) is 0 Å². The summed E-state index contributed by atoms with van der Waals surface area (Å²) in [4.78, 5) is 31.3. The predicted molar refractivity (Wildman–Crippen MR) is 125 cm³/mol. The fraction of sp³-hybridized carbons (Fsp3) is 0.773. The molecule has 2 amide bonds. The minimum atomic E-state index is -0.944. The highest BCUT2D eigenvalue weighted by atomic mass is 32.2. The summed E-state index contributed by atoms with van der Waals surface area (Å²) in [5.41, 5.74) is 0. The lowest BCUT2D eigenvalue weighted by Crippen LogP contribution is -2.50. The number of nitrogens with one attached hydrogen (secondary N) is 1. The summed E-state index contributed by atoms with van der Waals surface area (Å²) in [7, 11) is 1.77. The number of ether oxygens (including phenoxy) is 1. The van der Waals surface area contributed by atoms with Crippen LogP contribution in [0, 0.1) is 0 Å². The third-order valence-corrected chi connectivity index (χ3v) is 8.59. The van der Waals surface area contributed by atoms with Crippen LogP contribution in [-0.2, 0) is 9.53 Å². The molecule has 0 unspecified atom stereocenters. The quantitative estimate of drug-likeness (QED) is 0.398. The van der Waals surface area contributed by atoms with E-state index in [9.17, 15) is 14.7 Å². The van der Waals surface area contributed by atoms with Crippen molar-refractivity contribution in [1.82, 2.24) is 9.88 Å². The fourth-order valence-electron chi connectivity index (χ4n) is 4.54. The summed E-state index contributed by atoms with van der Waals surface area (Å²) in [5, 5.41) is 12.9. The summed E-state index contributed by atoms with van der Waals surface area (Å²) in [6.07, 6.45) is 12.8. The van der Waals surface area contributed by atoms with Crippen molar-refractivity contribution in [2.45, 2.75) is 105 Å². The van der Waals surface area contributed by atoms with Crippen LogP contribution in [0.15, 0.2) is 10.4 Å². The molecular formula is C22H35N3O4S2. The van der Waals surface area contributed by atoms with Crippen LogP contribution < -0.4 is 5.32 Å². The number of hydrogen-bond acceptors (Lipinski definition) is 6. The highest BCUT2D eigenvalue weighted by Gasteiger charge is 2.35. The SMILES string of the molecule is COC1CCC(N(C(=O)Nc2ncc(SC(C)(C)C(=O)O)s2)C2CCCCCC2)CC1. The maximum absolute atomic E-state index is 13.4. The van der Waals surface area contributed by atoms with Gasteiger partial charge in [-0.1, -0.05) is 48.8 Å². The van der Waals surface area contributed by atoms with Gasteiger partial charge in [-0.15, -0.1) is 0 Å². The Bertz CT molecular complexity index is 739. The highest BCUT2D eigenvalue weighted by Crippen LogP contribution is 2.38. The first-order valence-electron chi connectivity index (χ1n) is 11.3. The number of rotatable bonds is 7. The minimum Gasteiger partial charge on any atom is -0.480 e. The molecule has 0 spiro atoms. The van der Waals surface area contributed by atoms with Gasteiger partial charge in [-0.2, -0.15) is 0 Å². The lowest BCUT2D eigenvalue weighted by atomic mass is 9.90. The van der Waals surface area contributed by atoms with Crippen molar-refractivity contribution in [3.8, 4) is 0 Å². The molecule has 2 aliphatic rings. The summed E-state index contributed by atoms with van der Waals surface area (Å²) in [6, 6.07) is 0.428. The van der Waals surface area contributed by atoms with Crippen LogP contribution >= 0.6 is 23.1 Å². The molecular weight excluding hydrogens is 434 g/mol. The Labute approximate surface area is 193 Å². The number of carbonyl (C=O) groups excluding carboxylic acids is 1. The Balaban J connectivity index is 1.70. The zero-order valence-corrected chi connectivity index (χ0v) is 20.4. The van der Waals surface area contributed by atoms with Gasteiger partial charge in [0.05, 0.1) is 16.5 Å². The second-order valence-electron chi connectivity index (χ2n) is 9.05. The van der Waals surface area contributed by atoms with E-state index in [-0.39, 0.29) is 18.1 Å². The average molecular weight is 470 g/mol. The van der Waals surface area contributed by atoms with Gasteiger partial charge in [0.1, 0.15) is 4.75 Å². The lowest BCUT2D eigenvalue weighted by Gasteiger charge is -2.41. The van der Waals surface area contributed by atoms with E-state index in [1.165, 1.54) is 48.8 Å². The van der Waals surface area contributed by atoms with Crippen molar-refractivity contribution < 1.29 is 19.4 Å². The molecule has 7 nitrogen and oxygen atoms in total. The third kappa shape index (κ3) is 6.58. The third-order valence-electron chi connectivity index (χ3n) is 6.39. The second kappa shape index (κ2) is 11.0. The number of thiazole rings is 1. The molecule has 2 saturated carbocycles. The van der Waals surface area contributed by atoms with E-state index in [1.807, 2.05) is 0 Å². The number of carboxylic acid groups (broad SMARTS) is 1. The van der Waals surface area contributed by atoms with E-state index in [1.54, 1.807) is 27.2 Å². The summed E-state index contributed by atoms with van der Waals surface area (Å²) >= 11 is 2.58. The zero-order chi connectivity index (χ0) is 22.4. The number of urea groups is 1. The number of hydrogen-bond donors (Lipinski definition) is 2. The zero-order valence-electron chi connectivity index (χ0n) is 18.8. The molecule has 0 radical (unpaired) electrons. The molecule has 0 atom stereocenters. The Hall–Kier alpha value is -1.32. The van der Waals surface area contributed by atoms with Crippen molar-refractivity contribution >= 4 is 40.2 Å². The van der Waals surface area contributed by atoms with E-state index in [0.717, 1.165) is 42.7 Å². The number of amides is 2. The van der Waals surface area contributed by atoms with Crippen LogP contribution in [0.3, 0.4) is 0 Å². The molecule has 1 heterocycles. The summed E-state index contributed by atoms with van der Waals surface area (Å²) in [5.74, 6) is -0.873. The molecule has 0 saturated heterocycles. The molecule has 2 N–H and O–H groups in total. The maximum Gasteiger partial charge on any atom is 0.324 e. The number of thioether (sulfide) groups is 1. The van der Waals surface area contributed by atoms with Gasteiger partial charge in [-0.3, -0.25) is 10.1 Å². The standard InChI is InChI=1S/C22H35N3O4S2/c1-22(2,19(26)27)31-18-14-23-20(30-18)24-21(28)25(15-8-6-4-5-7-9-15)16-10-12-17(29-3)13-11-16/h14-17H,4-13H2,1-3H3,(H,26,27)(H,23,24,28). The average Bonchev–Trinajstić information content (AvgIpc) is 2.98. The highest BCUT2D eigenvalue weighted by molar-refractivity contribution is 8.03. The van der Waals surface area contributed by atoms with Crippen LogP contribution in [0.4, 0.5) is 9.93 Å². The molecule has 1 aromatic rings. The number of aromatic nitrogens is 1. The van der Waals surface area contributed by atoms with Gasteiger partial charge >= 0.3 is 12.0 Å². The molecule has 9 heteroatoms. The molecule has 31 heavy (non-hydrogen) atoms. The number of anilines is 1. The molecule has 2 aliphatic carbocycles. The molecule has 0 aliphatic heterocycles. The normalized spacial score (nSPS) is 23.2. The summed E-state index contributed by atoms with van der Waals surface area (Å²) in [6.45, 7) is 3.34. The Morgan fingerprint density at radius 2 is 1.74 bits per heavy atom. The Morgan fingerprint density at radius 1 is 1.13 bits per heavy atom. The van der Waals surface area contributed by atoms with Crippen molar-refractivity contribution in [3.05, 3.63) is 6.20 Å². The fourth-order valence-corrected chi connectivity index (χ4v) is 6.80. The van der Waals surface area contributed by atoms with Crippen molar-refractivity contribution in [3.63, 3.8) is 0 Å². The molecule has 0 aromatic carbocycles. The van der Waals surface area contributed by atoms with Gasteiger partial charge in [-0.25, -0.2) is 9.78 Å². The lowest BCUT2D eigenvalue weighted by molar-refractivity contribution is -0.138. The molecule has 2 fully saturated rings. The van der Waals surface area contributed by atoms with Gasteiger partial charge in [-0.05, 0) is 52.4 Å². The number of aliphatic carboxylic acids is 1. The summed E-state index contributed by atoms with van der Waals surface area (Å²) < 4.78 is 5.37. The van der Waals surface area contributed by atoms with Gasteiger partial charge in [0, 0.05) is 19.2 Å². The molecule has 1 aromatic heterocycles. The maximum atomic E-state index is 13.4. The molecule has 3 rings (SSSR count). The topological polar surface area (TPSA) is 91.8 Å². The Morgan fingerprint density at radius 3 is 2.32 bits per heavy atom. The number of methoxy groups -OCH3 is 1. The predicted octanol–water partition coefficient (Wildman–Crippen LogP) is 5.61. The van der Waals surface area contributed by atoms with Crippen molar-refractivity contribution in [2.75, 3.05) is 12.4 Å². The van der Waals surface area contributed by atoms with Crippen molar-refractivity contribution in [1.29, 1.82) is 0 Å². The van der Waals surface area contributed by atoms with E-state index in [2.05, 4.69) is 15.2 Å². The molecule has 0 bridgehead atoms. The van der Waals surface area contributed by atoms with Crippen LogP contribution in [0.5, 0.6) is 0 Å². The van der Waals surface area contributed by atoms with Gasteiger partial charge < -0.3 is 14.7 Å². The smallest absolute Gasteiger partial charge is 0.324 e. The largest absolute Gasteiger partial charge is 0.480 e. The number of carboxylic acids is 1. The van der Waals surface area contributed by atoms with Gasteiger partial charge in [0.2, 0.25) is 0 Å². The molecule has 174 valence electrons. The Kier molecular flexibility index (Phi) is 8.64. The van der Waals surface area contributed by atoms with Gasteiger partial charge in [0.25, 0.3) is 0 Å². The monoisotopic (exact) mass is 469 g/mol. The van der Waals surface area contributed by atoms with E-state index in [0.29, 0.717) is 11.2 Å². The van der Waals surface area contributed by atoms with Crippen LogP contribution in [-0.4, -0.2) is 57.0 Å². The first-order valence-corrected chi connectivity index (χ1v) is 12.9. The first kappa shape index (κ1) is 24.3. The first-order chi connectivity index (χ1) is 14.8.